The van der Waals surface area contributed by atoms with Gasteiger partial charge in [-0.05, 0) is 38.0 Å². The van der Waals surface area contributed by atoms with Crippen LogP contribution in [0.4, 0.5) is 11.6 Å². The topological polar surface area (TPSA) is 29.9 Å². The molecule has 1 aromatic carbocycles. The van der Waals surface area contributed by atoms with Gasteiger partial charge in [0.15, 0.2) is 0 Å². The zero-order valence-corrected chi connectivity index (χ0v) is 11.4. The van der Waals surface area contributed by atoms with E-state index in [9.17, 15) is 0 Å². The van der Waals surface area contributed by atoms with Crippen LogP contribution < -0.4 is 5.32 Å². The molecule has 1 N–H and O–H groups in total. The van der Waals surface area contributed by atoms with Gasteiger partial charge in [-0.1, -0.05) is 25.5 Å². The van der Waals surface area contributed by atoms with Crippen LogP contribution in [-0.2, 0) is 6.42 Å². The number of rotatable bonds is 5. The van der Waals surface area contributed by atoms with Crippen LogP contribution in [0.2, 0.25) is 0 Å². The average Bonchev–Trinajstić information content (AvgIpc) is 2.80. The molecule has 0 atom stereocenters. The van der Waals surface area contributed by atoms with Crippen LogP contribution in [0.25, 0.3) is 0 Å². The molecule has 3 nitrogen and oxygen atoms in total. The van der Waals surface area contributed by atoms with Crippen LogP contribution in [-0.4, -0.2) is 9.55 Å². The van der Waals surface area contributed by atoms with Gasteiger partial charge in [-0.25, -0.2) is 4.98 Å². The third kappa shape index (κ3) is 2.92. The lowest BCUT2D eigenvalue weighted by Crippen LogP contribution is -2.05. The van der Waals surface area contributed by atoms with Gasteiger partial charge >= 0.3 is 0 Å². The predicted octanol–water partition coefficient (Wildman–Crippen LogP) is 4.16. The zero-order valence-electron chi connectivity index (χ0n) is 11.4. The van der Waals surface area contributed by atoms with Crippen molar-refractivity contribution in [2.45, 2.75) is 39.7 Å². The summed E-state index contributed by atoms with van der Waals surface area (Å²) in [5.41, 5.74) is 2.47. The first kappa shape index (κ1) is 12.7. The third-order valence-electron chi connectivity index (χ3n) is 2.97. The molecule has 0 amide bonds. The number of anilines is 2. The minimum Gasteiger partial charge on any atom is -0.326 e. The van der Waals surface area contributed by atoms with Gasteiger partial charge in [0, 0.05) is 24.1 Å². The second kappa shape index (κ2) is 5.71. The van der Waals surface area contributed by atoms with Crippen molar-refractivity contribution in [1.29, 1.82) is 0 Å². The highest BCUT2D eigenvalue weighted by molar-refractivity contribution is 5.54. The van der Waals surface area contributed by atoms with Crippen LogP contribution in [0.1, 0.15) is 38.8 Å². The van der Waals surface area contributed by atoms with Gasteiger partial charge in [0.25, 0.3) is 0 Å². The molecule has 0 fully saturated rings. The third-order valence-corrected chi connectivity index (χ3v) is 2.97. The van der Waals surface area contributed by atoms with Crippen molar-refractivity contribution in [3.63, 3.8) is 0 Å². The monoisotopic (exact) mass is 243 g/mol. The van der Waals surface area contributed by atoms with Crippen molar-refractivity contribution >= 4 is 11.6 Å². The summed E-state index contributed by atoms with van der Waals surface area (Å²) in [6.45, 7) is 6.50. The summed E-state index contributed by atoms with van der Waals surface area (Å²) in [7, 11) is 0. The Bertz CT molecular complexity index is 483. The Morgan fingerprint density at radius 1 is 1.22 bits per heavy atom. The molecule has 3 heteroatoms. The van der Waals surface area contributed by atoms with Crippen molar-refractivity contribution in [1.82, 2.24) is 9.55 Å². The molecule has 18 heavy (non-hydrogen) atoms. The van der Waals surface area contributed by atoms with Gasteiger partial charge in [-0.2, -0.15) is 0 Å². The van der Waals surface area contributed by atoms with Crippen LogP contribution >= 0.6 is 0 Å². The largest absolute Gasteiger partial charge is 0.326 e. The maximum absolute atomic E-state index is 4.34. The SMILES string of the molecule is CCCc1ccc(Nc2nccn2C(C)C)cc1. The van der Waals surface area contributed by atoms with E-state index in [1.165, 1.54) is 12.0 Å². The second-order valence-corrected chi connectivity index (χ2v) is 4.82. The summed E-state index contributed by atoms with van der Waals surface area (Å²) in [4.78, 5) is 4.34. The highest BCUT2D eigenvalue weighted by Crippen LogP contribution is 2.19. The minimum absolute atomic E-state index is 0.411. The van der Waals surface area contributed by atoms with E-state index in [0.29, 0.717) is 6.04 Å². The maximum atomic E-state index is 4.34. The molecule has 0 aliphatic heterocycles. The normalized spacial score (nSPS) is 10.9. The molecule has 1 heterocycles. The number of nitrogens with one attached hydrogen (secondary N) is 1. The van der Waals surface area contributed by atoms with E-state index >= 15 is 0 Å². The molecule has 0 aliphatic carbocycles. The van der Waals surface area contributed by atoms with E-state index in [0.717, 1.165) is 18.1 Å². The molecular weight excluding hydrogens is 222 g/mol. The Labute approximate surface area is 109 Å². The van der Waals surface area contributed by atoms with E-state index in [1.807, 2.05) is 12.4 Å². The molecule has 0 radical (unpaired) electrons. The van der Waals surface area contributed by atoms with Crippen molar-refractivity contribution in [3.05, 3.63) is 42.2 Å². The second-order valence-electron chi connectivity index (χ2n) is 4.82. The molecule has 0 saturated carbocycles. The van der Waals surface area contributed by atoms with E-state index in [4.69, 9.17) is 0 Å². The van der Waals surface area contributed by atoms with Gasteiger partial charge in [0.05, 0.1) is 0 Å². The fourth-order valence-electron chi connectivity index (χ4n) is 2.00. The number of hydrogen-bond acceptors (Lipinski definition) is 2. The van der Waals surface area contributed by atoms with Crippen molar-refractivity contribution in [3.8, 4) is 0 Å². The Kier molecular flexibility index (Phi) is 4.03. The molecular formula is C15H21N3. The van der Waals surface area contributed by atoms with Gasteiger partial charge in [-0.3, -0.25) is 0 Å². The molecule has 2 rings (SSSR count). The van der Waals surface area contributed by atoms with Crippen LogP contribution in [0.3, 0.4) is 0 Å². The van der Waals surface area contributed by atoms with E-state index in [1.54, 1.807) is 0 Å². The number of aromatic nitrogens is 2. The lowest BCUT2D eigenvalue weighted by Gasteiger charge is -2.13. The van der Waals surface area contributed by atoms with Crippen LogP contribution in [0.5, 0.6) is 0 Å². The Balaban J connectivity index is 2.11. The lowest BCUT2D eigenvalue weighted by molar-refractivity contribution is 0.608. The maximum Gasteiger partial charge on any atom is 0.207 e. The first-order valence-corrected chi connectivity index (χ1v) is 6.59. The molecule has 0 unspecified atom stereocenters. The summed E-state index contributed by atoms with van der Waals surface area (Å²) in [6.07, 6.45) is 6.15. The Morgan fingerprint density at radius 3 is 2.56 bits per heavy atom. The number of hydrogen-bond donors (Lipinski definition) is 1. The fraction of sp³-hybridized carbons (Fsp3) is 0.400. The Hall–Kier alpha value is -1.77. The zero-order chi connectivity index (χ0) is 13.0. The van der Waals surface area contributed by atoms with E-state index in [2.05, 4.69) is 59.9 Å². The van der Waals surface area contributed by atoms with Gasteiger partial charge < -0.3 is 9.88 Å². The molecule has 2 aromatic rings. The highest BCUT2D eigenvalue weighted by Gasteiger charge is 2.05. The number of aryl methyl sites for hydroxylation is 1. The van der Waals surface area contributed by atoms with E-state index < -0.39 is 0 Å². The smallest absolute Gasteiger partial charge is 0.207 e. The summed E-state index contributed by atoms with van der Waals surface area (Å²) >= 11 is 0. The van der Waals surface area contributed by atoms with Crippen molar-refractivity contribution in [2.75, 3.05) is 5.32 Å². The first-order valence-electron chi connectivity index (χ1n) is 6.59. The molecule has 0 saturated heterocycles. The molecule has 0 bridgehead atoms. The van der Waals surface area contributed by atoms with Gasteiger partial charge in [-0.15, -0.1) is 0 Å². The molecule has 96 valence electrons. The average molecular weight is 243 g/mol. The molecule has 0 spiro atoms. The van der Waals surface area contributed by atoms with E-state index in [-0.39, 0.29) is 0 Å². The van der Waals surface area contributed by atoms with Crippen LogP contribution in [0.15, 0.2) is 36.7 Å². The summed E-state index contributed by atoms with van der Waals surface area (Å²) in [6, 6.07) is 8.99. The standard InChI is InChI=1S/C15H21N3/c1-4-5-13-6-8-14(9-7-13)17-15-16-10-11-18(15)12(2)3/h6-12H,4-5H2,1-3H3,(H,16,17). The highest BCUT2D eigenvalue weighted by atomic mass is 15.2. The number of nitrogens with zero attached hydrogens (tertiary/aromatic N) is 2. The predicted molar refractivity (Wildman–Crippen MR) is 76.3 cm³/mol. The van der Waals surface area contributed by atoms with Gasteiger partial charge in [0.2, 0.25) is 5.95 Å². The Morgan fingerprint density at radius 2 is 1.94 bits per heavy atom. The fourth-order valence-corrected chi connectivity index (χ4v) is 2.00. The summed E-state index contributed by atoms with van der Waals surface area (Å²) in [5, 5.41) is 3.36. The van der Waals surface area contributed by atoms with Crippen molar-refractivity contribution < 1.29 is 0 Å². The summed E-state index contributed by atoms with van der Waals surface area (Å²) in [5.74, 6) is 0.897. The number of imidazole rings is 1. The van der Waals surface area contributed by atoms with Gasteiger partial charge in [0.1, 0.15) is 0 Å². The first-order chi connectivity index (χ1) is 8.70. The van der Waals surface area contributed by atoms with Crippen molar-refractivity contribution in [2.24, 2.45) is 0 Å². The molecule has 1 aromatic heterocycles. The van der Waals surface area contributed by atoms with Crippen LogP contribution in [0, 0.1) is 0 Å². The summed E-state index contributed by atoms with van der Waals surface area (Å²) < 4.78 is 2.12. The minimum atomic E-state index is 0.411. The molecule has 0 aliphatic rings. The quantitative estimate of drug-likeness (QED) is 0.854. The number of benzene rings is 1. The lowest BCUT2D eigenvalue weighted by atomic mass is 10.1.